The second kappa shape index (κ2) is 19.0. The Labute approximate surface area is 247 Å². The standard InChI is InChI=1S/C35H50N2O4/c1-38-31-18-15-28(16-19-31)21-25-36-23-7-5-6-8-24-37-26-22-30-17-20-34(40-3)35(41-4)33(30)14-10-12-29-11-9-13-32(27-29)39-2/h9,11,13,15-20,27,36-37H,5-8,10,12,14,21-26H2,1-4H3. The molecule has 0 bridgehead atoms. The van der Waals surface area contributed by atoms with Gasteiger partial charge in [-0.1, -0.05) is 43.2 Å². The number of ether oxygens (including phenoxy) is 4. The van der Waals surface area contributed by atoms with Crippen LogP contribution in [-0.4, -0.2) is 54.6 Å². The molecule has 2 N–H and O–H groups in total. The smallest absolute Gasteiger partial charge is 0.164 e. The molecule has 0 spiro atoms. The van der Waals surface area contributed by atoms with Gasteiger partial charge in [0.1, 0.15) is 11.5 Å². The van der Waals surface area contributed by atoms with Crippen LogP contribution in [-0.2, 0) is 25.7 Å². The molecular weight excluding hydrogens is 512 g/mol. The van der Waals surface area contributed by atoms with Gasteiger partial charge in [0.05, 0.1) is 28.4 Å². The first-order valence-electron chi connectivity index (χ1n) is 15.1. The van der Waals surface area contributed by atoms with Crippen molar-refractivity contribution in [1.29, 1.82) is 0 Å². The number of rotatable bonds is 21. The van der Waals surface area contributed by atoms with Crippen LogP contribution in [0.2, 0.25) is 0 Å². The van der Waals surface area contributed by atoms with Crippen molar-refractivity contribution in [3.8, 4) is 23.0 Å². The Morgan fingerprint density at radius 2 is 1.22 bits per heavy atom. The summed E-state index contributed by atoms with van der Waals surface area (Å²) in [7, 11) is 6.86. The van der Waals surface area contributed by atoms with E-state index in [1.54, 1.807) is 28.4 Å². The summed E-state index contributed by atoms with van der Waals surface area (Å²) < 4.78 is 22.0. The molecular formula is C35H50N2O4. The summed E-state index contributed by atoms with van der Waals surface area (Å²) in [5.41, 5.74) is 5.23. The molecule has 0 atom stereocenters. The van der Waals surface area contributed by atoms with Crippen LogP contribution >= 0.6 is 0 Å². The zero-order valence-electron chi connectivity index (χ0n) is 25.6. The van der Waals surface area contributed by atoms with Crippen LogP contribution in [0, 0.1) is 0 Å². The number of unbranched alkanes of at least 4 members (excludes halogenated alkanes) is 3. The molecule has 0 unspecified atom stereocenters. The fraction of sp³-hybridized carbons (Fsp3) is 0.486. The third-order valence-electron chi connectivity index (χ3n) is 7.55. The average Bonchev–Trinajstić information content (AvgIpc) is 3.02. The lowest BCUT2D eigenvalue weighted by atomic mass is 9.96. The van der Waals surface area contributed by atoms with E-state index in [0.717, 1.165) is 81.3 Å². The second-order valence-electron chi connectivity index (χ2n) is 10.4. The molecule has 0 amide bonds. The van der Waals surface area contributed by atoms with Crippen LogP contribution in [0.5, 0.6) is 23.0 Å². The summed E-state index contributed by atoms with van der Waals surface area (Å²) in [4.78, 5) is 0. The molecule has 3 rings (SSSR count). The molecule has 0 aliphatic heterocycles. The van der Waals surface area contributed by atoms with Crippen molar-refractivity contribution < 1.29 is 18.9 Å². The molecule has 0 aliphatic rings. The lowest BCUT2D eigenvalue weighted by molar-refractivity contribution is 0.350. The largest absolute Gasteiger partial charge is 0.497 e. The molecule has 3 aromatic rings. The number of hydrogen-bond acceptors (Lipinski definition) is 6. The number of benzene rings is 3. The maximum atomic E-state index is 5.81. The molecule has 0 aromatic heterocycles. The molecule has 3 aromatic carbocycles. The Balaban J connectivity index is 1.31. The maximum absolute atomic E-state index is 5.81. The van der Waals surface area contributed by atoms with Crippen LogP contribution in [0.15, 0.2) is 60.7 Å². The molecule has 0 saturated carbocycles. The van der Waals surface area contributed by atoms with Crippen molar-refractivity contribution >= 4 is 0 Å². The Morgan fingerprint density at radius 3 is 1.88 bits per heavy atom. The van der Waals surface area contributed by atoms with E-state index in [4.69, 9.17) is 18.9 Å². The third-order valence-corrected chi connectivity index (χ3v) is 7.55. The van der Waals surface area contributed by atoms with Gasteiger partial charge in [-0.15, -0.1) is 0 Å². The summed E-state index contributed by atoms with van der Waals surface area (Å²) in [5, 5.41) is 7.22. The molecule has 0 radical (unpaired) electrons. The minimum atomic E-state index is 0.802. The highest BCUT2D eigenvalue weighted by Crippen LogP contribution is 2.35. The Kier molecular flexibility index (Phi) is 15.0. The molecule has 0 saturated heterocycles. The Hall–Kier alpha value is -3.22. The van der Waals surface area contributed by atoms with Crippen molar-refractivity contribution in [2.75, 3.05) is 54.6 Å². The molecule has 0 aliphatic carbocycles. The molecule has 0 heterocycles. The average molecular weight is 563 g/mol. The molecule has 41 heavy (non-hydrogen) atoms. The predicted molar refractivity (Wildman–Crippen MR) is 169 cm³/mol. The van der Waals surface area contributed by atoms with Gasteiger partial charge in [-0.2, -0.15) is 0 Å². The summed E-state index contributed by atoms with van der Waals surface area (Å²) in [6, 6.07) is 20.9. The van der Waals surface area contributed by atoms with Gasteiger partial charge in [0.2, 0.25) is 0 Å². The van der Waals surface area contributed by atoms with Gasteiger partial charge in [-0.05, 0) is 118 Å². The van der Waals surface area contributed by atoms with Crippen LogP contribution in [0.3, 0.4) is 0 Å². The molecule has 0 fully saturated rings. The van der Waals surface area contributed by atoms with E-state index in [0.29, 0.717) is 0 Å². The Morgan fingerprint density at radius 1 is 0.512 bits per heavy atom. The van der Waals surface area contributed by atoms with Crippen molar-refractivity contribution in [1.82, 2.24) is 10.6 Å². The van der Waals surface area contributed by atoms with Crippen molar-refractivity contribution in [2.24, 2.45) is 0 Å². The van der Waals surface area contributed by atoms with Crippen LogP contribution in [0.1, 0.15) is 54.4 Å². The maximum Gasteiger partial charge on any atom is 0.164 e. The van der Waals surface area contributed by atoms with Crippen LogP contribution in [0.4, 0.5) is 0 Å². The van der Waals surface area contributed by atoms with Crippen LogP contribution < -0.4 is 29.6 Å². The van der Waals surface area contributed by atoms with Gasteiger partial charge < -0.3 is 29.6 Å². The first kappa shape index (κ1) is 32.3. The van der Waals surface area contributed by atoms with Crippen molar-refractivity contribution in [2.45, 2.75) is 57.8 Å². The van der Waals surface area contributed by atoms with E-state index in [1.165, 1.54) is 47.9 Å². The zero-order chi connectivity index (χ0) is 29.1. The highest BCUT2D eigenvalue weighted by molar-refractivity contribution is 5.51. The van der Waals surface area contributed by atoms with Gasteiger partial charge in [-0.3, -0.25) is 0 Å². The highest BCUT2D eigenvalue weighted by Gasteiger charge is 2.15. The number of methoxy groups -OCH3 is 4. The van der Waals surface area contributed by atoms with Crippen LogP contribution in [0.25, 0.3) is 0 Å². The Bertz CT molecular complexity index is 1130. The first-order chi connectivity index (χ1) is 20.2. The molecule has 6 nitrogen and oxygen atoms in total. The van der Waals surface area contributed by atoms with E-state index < -0.39 is 0 Å². The highest BCUT2D eigenvalue weighted by atomic mass is 16.5. The summed E-state index contributed by atoms with van der Waals surface area (Å²) in [5.74, 6) is 3.49. The first-order valence-corrected chi connectivity index (χ1v) is 15.1. The van der Waals surface area contributed by atoms with Crippen molar-refractivity contribution in [3.63, 3.8) is 0 Å². The van der Waals surface area contributed by atoms with E-state index in [9.17, 15) is 0 Å². The molecule has 6 heteroatoms. The quantitative estimate of drug-likeness (QED) is 0.146. The predicted octanol–water partition coefficient (Wildman–Crippen LogP) is 6.42. The fourth-order valence-electron chi connectivity index (χ4n) is 5.19. The minimum Gasteiger partial charge on any atom is -0.497 e. The number of nitrogens with one attached hydrogen (secondary N) is 2. The van der Waals surface area contributed by atoms with E-state index in [-0.39, 0.29) is 0 Å². The monoisotopic (exact) mass is 562 g/mol. The van der Waals surface area contributed by atoms with E-state index >= 15 is 0 Å². The van der Waals surface area contributed by atoms with Gasteiger partial charge in [0, 0.05) is 5.56 Å². The molecule has 224 valence electrons. The van der Waals surface area contributed by atoms with E-state index in [2.05, 4.69) is 47.0 Å². The zero-order valence-corrected chi connectivity index (χ0v) is 25.6. The SMILES string of the molecule is COc1ccc(CCNCCCCCCNCCc2ccc(OC)c(OC)c2CCCc2cccc(OC)c2)cc1. The van der Waals surface area contributed by atoms with Gasteiger partial charge in [-0.25, -0.2) is 0 Å². The summed E-state index contributed by atoms with van der Waals surface area (Å²) >= 11 is 0. The number of hydrogen-bond donors (Lipinski definition) is 2. The normalized spacial score (nSPS) is 10.9. The van der Waals surface area contributed by atoms with E-state index in [1.807, 2.05) is 24.3 Å². The van der Waals surface area contributed by atoms with Gasteiger partial charge >= 0.3 is 0 Å². The fourth-order valence-corrected chi connectivity index (χ4v) is 5.19. The second-order valence-corrected chi connectivity index (χ2v) is 10.4. The number of aryl methyl sites for hydroxylation is 1. The van der Waals surface area contributed by atoms with Gasteiger partial charge in [0.15, 0.2) is 11.5 Å². The van der Waals surface area contributed by atoms with Gasteiger partial charge in [0.25, 0.3) is 0 Å². The topological polar surface area (TPSA) is 61.0 Å². The third kappa shape index (κ3) is 11.3. The lowest BCUT2D eigenvalue weighted by Crippen LogP contribution is -2.20. The summed E-state index contributed by atoms with van der Waals surface area (Å²) in [6.07, 6.45) is 9.98. The van der Waals surface area contributed by atoms with Crippen molar-refractivity contribution in [3.05, 3.63) is 82.9 Å². The summed E-state index contributed by atoms with van der Waals surface area (Å²) in [6.45, 7) is 4.13. The lowest BCUT2D eigenvalue weighted by Gasteiger charge is -2.17. The minimum absolute atomic E-state index is 0.802.